The zero-order valence-electron chi connectivity index (χ0n) is 13.7. The molecule has 0 fully saturated rings. The van der Waals surface area contributed by atoms with Gasteiger partial charge in [0.15, 0.2) is 6.17 Å². The van der Waals surface area contributed by atoms with Crippen molar-refractivity contribution >= 4 is 17.6 Å². The molecule has 1 unspecified atom stereocenters. The average Bonchev–Trinajstić information content (AvgIpc) is 2.62. The number of nitrogens with one attached hydrogen (secondary N) is 3. The summed E-state index contributed by atoms with van der Waals surface area (Å²) in [6.45, 7) is 1.81. The van der Waals surface area contributed by atoms with Crippen LogP contribution in [0, 0.1) is 6.92 Å². The maximum Gasteiger partial charge on any atom is 0.357 e. The van der Waals surface area contributed by atoms with Crippen LogP contribution in [0.1, 0.15) is 17.4 Å². The minimum atomic E-state index is -0.343. The third-order valence-corrected chi connectivity index (χ3v) is 4.01. The van der Waals surface area contributed by atoms with Gasteiger partial charge in [-0.15, -0.1) is 0 Å². The Morgan fingerprint density at radius 1 is 1.08 bits per heavy atom. The van der Waals surface area contributed by atoms with Crippen molar-refractivity contribution in [1.29, 1.82) is 0 Å². The van der Waals surface area contributed by atoms with Crippen molar-refractivity contribution in [2.45, 2.75) is 13.1 Å². The van der Waals surface area contributed by atoms with E-state index in [0.717, 1.165) is 11.3 Å². The number of anilines is 2. The van der Waals surface area contributed by atoms with E-state index < -0.39 is 0 Å². The molecule has 1 atom stereocenters. The number of hydrogen-bond acceptors (Lipinski definition) is 4. The van der Waals surface area contributed by atoms with Crippen LogP contribution in [0.25, 0.3) is 0 Å². The maximum atomic E-state index is 12.5. The molecule has 0 amide bonds. The molecule has 3 N–H and O–H groups in total. The number of nitrogens with zero attached hydrogens (tertiary/aromatic N) is 2. The lowest BCUT2D eigenvalue weighted by atomic mass is 10.1. The SMILES string of the molecule is Cc1cc(=O)n2c(n1)NC(Nc1ccccc1)=[NH+]C2c1ccccc1. The second-order valence-corrected chi connectivity index (χ2v) is 5.88. The van der Waals surface area contributed by atoms with E-state index in [9.17, 15) is 4.79 Å². The molecule has 124 valence electrons. The zero-order chi connectivity index (χ0) is 17.2. The third kappa shape index (κ3) is 3.01. The summed E-state index contributed by atoms with van der Waals surface area (Å²) in [5, 5.41) is 6.47. The highest BCUT2D eigenvalue weighted by atomic mass is 16.1. The number of hydrogen-bond donors (Lipinski definition) is 3. The fourth-order valence-corrected chi connectivity index (χ4v) is 2.89. The summed E-state index contributed by atoms with van der Waals surface area (Å²) in [5.74, 6) is 1.19. The van der Waals surface area contributed by atoms with E-state index in [0.29, 0.717) is 17.6 Å². The molecule has 4 rings (SSSR count). The number of aromatic nitrogens is 2. The highest BCUT2D eigenvalue weighted by Gasteiger charge is 2.28. The largest absolute Gasteiger partial charge is 0.357 e. The van der Waals surface area contributed by atoms with Crippen LogP contribution < -0.4 is 21.2 Å². The molecule has 6 nitrogen and oxygen atoms in total. The Morgan fingerprint density at radius 3 is 2.48 bits per heavy atom. The zero-order valence-corrected chi connectivity index (χ0v) is 13.7. The van der Waals surface area contributed by atoms with Crippen molar-refractivity contribution in [2.75, 3.05) is 10.6 Å². The topological polar surface area (TPSA) is 72.9 Å². The lowest BCUT2D eigenvalue weighted by Gasteiger charge is -2.23. The van der Waals surface area contributed by atoms with Crippen LogP contribution >= 0.6 is 0 Å². The van der Waals surface area contributed by atoms with Crippen LogP contribution in [0.15, 0.2) is 71.5 Å². The Morgan fingerprint density at radius 2 is 1.76 bits per heavy atom. The Balaban J connectivity index is 1.81. The number of aryl methyl sites for hydroxylation is 1. The van der Waals surface area contributed by atoms with Gasteiger partial charge in [0.1, 0.15) is 0 Å². The van der Waals surface area contributed by atoms with E-state index >= 15 is 0 Å². The van der Waals surface area contributed by atoms with Crippen molar-refractivity contribution in [2.24, 2.45) is 0 Å². The van der Waals surface area contributed by atoms with Gasteiger partial charge in [0.25, 0.3) is 11.5 Å². The molecule has 3 aromatic rings. The first kappa shape index (κ1) is 15.1. The standard InChI is InChI=1S/C19H17N5O/c1-13-12-16(25)24-17(14-8-4-2-5-9-14)22-18(23-19(24)20-13)21-15-10-6-3-7-11-15/h2-12,17H,1H3,(H2,20,21,22,23)/p+1. The number of para-hydroxylation sites is 1. The van der Waals surface area contributed by atoms with Crippen LogP contribution in [-0.4, -0.2) is 15.5 Å². The summed E-state index contributed by atoms with van der Waals surface area (Å²) in [7, 11) is 0. The van der Waals surface area contributed by atoms with Gasteiger partial charge in [-0.25, -0.2) is 20.2 Å². The normalized spacial score (nSPS) is 15.7. The first-order chi connectivity index (χ1) is 12.2. The van der Waals surface area contributed by atoms with Gasteiger partial charge in [-0.05, 0) is 19.1 Å². The summed E-state index contributed by atoms with van der Waals surface area (Å²) in [6, 6.07) is 21.2. The number of guanidine groups is 1. The predicted octanol–water partition coefficient (Wildman–Crippen LogP) is 1.07. The lowest BCUT2D eigenvalue weighted by molar-refractivity contribution is -0.520. The van der Waals surface area contributed by atoms with Gasteiger partial charge in [0, 0.05) is 17.3 Å². The van der Waals surface area contributed by atoms with Gasteiger partial charge in [0.05, 0.1) is 5.69 Å². The Kier molecular flexibility index (Phi) is 3.78. The smallest absolute Gasteiger partial charge is 0.269 e. The molecule has 0 radical (unpaired) electrons. The van der Waals surface area contributed by atoms with Crippen molar-refractivity contribution in [1.82, 2.24) is 9.55 Å². The van der Waals surface area contributed by atoms with E-state index in [1.807, 2.05) is 67.6 Å². The first-order valence-corrected chi connectivity index (χ1v) is 8.08. The summed E-state index contributed by atoms with van der Waals surface area (Å²) in [5.41, 5.74) is 2.49. The van der Waals surface area contributed by atoms with Gasteiger partial charge in [0.2, 0.25) is 0 Å². The van der Waals surface area contributed by atoms with Crippen LogP contribution in [0.5, 0.6) is 0 Å². The molecular formula is C19H18N5O+. The molecule has 0 saturated heterocycles. The van der Waals surface area contributed by atoms with E-state index in [-0.39, 0.29) is 11.7 Å². The van der Waals surface area contributed by atoms with Gasteiger partial charge in [-0.3, -0.25) is 9.79 Å². The highest BCUT2D eigenvalue weighted by molar-refractivity contribution is 5.99. The van der Waals surface area contributed by atoms with Gasteiger partial charge in [-0.1, -0.05) is 48.5 Å². The quantitative estimate of drug-likeness (QED) is 0.656. The minimum absolute atomic E-state index is 0.102. The molecule has 1 aliphatic rings. The molecule has 0 aliphatic carbocycles. The van der Waals surface area contributed by atoms with Crippen molar-refractivity contribution in [3.8, 4) is 0 Å². The second kappa shape index (κ2) is 6.24. The van der Waals surface area contributed by atoms with Crippen LogP contribution in [-0.2, 0) is 0 Å². The van der Waals surface area contributed by atoms with Crippen molar-refractivity contribution < 1.29 is 4.99 Å². The third-order valence-electron chi connectivity index (χ3n) is 4.01. The molecule has 0 bridgehead atoms. The number of benzene rings is 2. The molecule has 25 heavy (non-hydrogen) atoms. The monoisotopic (exact) mass is 332 g/mol. The molecular weight excluding hydrogens is 314 g/mol. The van der Waals surface area contributed by atoms with E-state index in [4.69, 9.17) is 0 Å². The van der Waals surface area contributed by atoms with Gasteiger partial charge in [-0.2, -0.15) is 0 Å². The molecule has 0 saturated carbocycles. The fourth-order valence-electron chi connectivity index (χ4n) is 2.89. The molecule has 1 aromatic heterocycles. The summed E-state index contributed by atoms with van der Waals surface area (Å²) in [6.07, 6.45) is -0.343. The highest BCUT2D eigenvalue weighted by Crippen LogP contribution is 2.16. The molecule has 6 heteroatoms. The number of fused-ring (bicyclic) bond motifs is 1. The molecule has 2 heterocycles. The van der Waals surface area contributed by atoms with Crippen molar-refractivity contribution in [3.63, 3.8) is 0 Å². The Bertz CT molecular complexity index is 980. The van der Waals surface area contributed by atoms with E-state index in [1.54, 1.807) is 10.6 Å². The lowest BCUT2D eigenvalue weighted by Crippen LogP contribution is -2.82. The Labute approximate surface area is 144 Å². The Hall–Kier alpha value is -3.41. The summed E-state index contributed by atoms with van der Waals surface area (Å²) >= 11 is 0. The summed E-state index contributed by atoms with van der Waals surface area (Å²) < 4.78 is 1.62. The van der Waals surface area contributed by atoms with Gasteiger partial charge >= 0.3 is 5.96 Å². The maximum absolute atomic E-state index is 12.5. The van der Waals surface area contributed by atoms with E-state index in [2.05, 4.69) is 20.6 Å². The molecule has 0 spiro atoms. The van der Waals surface area contributed by atoms with Crippen LogP contribution in [0.2, 0.25) is 0 Å². The molecule has 1 aliphatic heterocycles. The van der Waals surface area contributed by atoms with Gasteiger partial charge < -0.3 is 0 Å². The number of rotatable bonds is 2. The first-order valence-electron chi connectivity index (χ1n) is 8.08. The van der Waals surface area contributed by atoms with Crippen LogP contribution in [0.4, 0.5) is 11.6 Å². The van der Waals surface area contributed by atoms with E-state index in [1.165, 1.54) is 0 Å². The van der Waals surface area contributed by atoms with Crippen LogP contribution in [0.3, 0.4) is 0 Å². The fraction of sp³-hybridized carbons (Fsp3) is 0.105. The van der Waals surface area contributed by atoms with Crippen molar-refractivity contribution in [3.05, 3.63) is 88.3 Å². The average molecular weight is 332 g/mol. The molecule has 2 aromatic carbocycles. The second-order valence-electron chi connectivity index (χ2n) is 5.88. The summed E-state index contributed by atoms with van der Waals surface area (Å²) in [4.78, 5) is 20.4. The predicted molar refractivity (Wildman–Crippen MR) is 97.5 cm³/mol. The minimum Gasteiger partial charge on any atom is -0.269 e.